The predicted molar refractivity (Wildman–Crippen MR) is 92.8 cm³/mol. The molecular weight excluding hydrogens is 336 g/mol. The van der Waals surface area contributed by atoms with Crippen LogP contribution in [0.15, 0.2) is 23.1 Å². The molecule has 0 radical (unpaired) electrons. The lowest BCUT2D eigenvalue weighted by molar-refractivity contribution is 0.0376. The van der Waals surface area contributed by atoms with Gasteiger partial charge in [-0.3, -0.25) is 4.90 Å². The molecule has 1 aliphatic heterocycles. The van der Waals surface area contributed by atoms with Crippen LogP contribution in [0, 0.1) is 0 Å². The zero-order valence-electron chi connectivity index (χ0n) is 13.3. The van der Waals surface area contributed by atoms with Gasteiger partial charge >= 0.3 is 0 Å². The number of fused-ring (bicyclic) bond motifs is 1. The molecule has 2 aliphatic rings. The highest BCUT2D eigenvalue weighted by atomic mass is 35.5. The van der Waals surface area contributed by atoms with Crippen LogP contribution < -0.4 is 4.72 Å². The summed E-state index contributed by atoms with van der Waals surface area (Å²) in [6.45, 7) is 4.84. The molecule has 130 valence electrons. The summed E-state index contributed by atoms with van der Waals surface area (Å²) in [4.78, 5) is 2.72. The number of hydrogen-bond donors (Lipinski definition) is 1. The molecule has 7 heteroatoms. The van der Waals surface area contributed by atoms with Gasteiger partial charge in [0.05, 0.1) is 18.1 Å². The van der Waals surface area contributed by atoms with Crippen LogP contribution in [0.4, 0.5) is 0 Å². The Balaban J connectivity index is 0.00000192. The maximum atomic E-state index is 12.3. The second-order valence-corrected chi connectivity index (χ2v) is 7.76. The molecule has 0 amide bonds. The molecule has 0 spiro atoms. The number of morpholine rings is 1. The Morgan fingerprint density at radius 3 is 2.65 bits per heavy atom. The molecule has 1 aromatic rings. The van der Waals surface area contributed by atoms with Gasteiger partial charge in [-0.2, -0.15) is 0 Å². The van der Waals surface area contributed by atoms with E-state index in [1.54, 1.807) is 6.07 Å². The van der Waals surface area contributed by atoms with Gasteiger partial charge in [-0.05, 0) is 55.5 Å². The van der Waals surface area contributed by atoms with Crippen molar-refractivity contribution in [2.24, 2.45) is 0 Å². The summed E-state index contributed by atoms with van der Waals surface area (Å²) in [6, 6.07) is 5.53. The Kier molecular flexibility index (Phi) is 6.85. The van der Waals surface area contributed by atoms with Crippen molar-refractivity contribution < 1.29 is 13.2 Å². The second kappa shape index (κ2) is 8.44. The van der Waals surface area contributed by atoms with Gasteiger partial charge in [-0.25, -0.2) is 13.1 Å². The van der Waals surface area contributed by atoms with Crippen molar-refractivity contribution in [3.63, 3.8) is 0 Å². The van der Waals surface area contributed by atoms with Gasteiger partial charge in [0, 0.05) is 19.6 Å². The summed E-state index contributed by atoms with van der Waals surface area (Å²) in [5, 5.41) is 0. The molecule has 3 rings (SSSR count). The van der Waals surface area contributed by atoms with Gasteiger partial charge in [-0.15, -0.1) is 12.4 Å². The molecule has 1 heterocycles. The van der Waals surface area contributed by atoms with Crippen molar-refractivity contribution in [1.29, 1.82) is 0 Å². The summed E-state index contributed by atoms with van der Waals surface area (Å²) in [7, 11) is -3.38. The van der Waals surface area contributed by atoms with E-state index in [1.165, 1.54) is 11.1 Å². The van der Waals surface area contributed by atoms with Crippen LogP contribution in [-0.4, -0.2) is 52.7 Å². The Hall–Kier alpha value is -0.660. The lowest BCUT2D eigenvalue weighted by Crippen LogP contribution is -2.38. The van der Waals surface area contributed by atoms with Crippen molar-refractivity contribution in [1.82, 2.24) is 9.62 Å². The number of benzene rings is 1. The first-order valence-corrected chi connectivity index (χ1v) is 9.55. The topological polar surface area (TPSA) is 58.6 Å². The summed E-state index contributed by atoms with van der Waals surface area (Å²) in [5.74, 6) is 0. The monoisotopic (exact) mass is 360 g/mol. The number of ether oxygens (including phenoxy) is 1. The number of nitrogens with zero attached hydrogens (tertiary/aromatic N) is 1. The van der Waals surface area contributed by atoms with Crippen LogP contribution in [0.1, 0.15) is 24.0 Å². The molecule has 1 aliphatic carbocycles. The van der Waals surface area contributed by atoms with Crippen LogP contribution in [-0.2, 0) is 27.6 Å². The highest BCUT2D eigenvalue weighted by Crippen LogP contribution is 2.24. The molecule has 23 heavy (non-hydrogen) atoms. The van der Waals surface area contributed by atoms with Gasteiger partial charge < -0.3 is 4.74 Å². The highest BCUT2D eigenvalue weighted by Gasteiger charge is 2.18. The van der Waals surface area contributed by atoms with E-state index in [9.17, 15) is 8.42 Å². The fourth-order valence-electron chi connectivity index (χ4n) is 3.13. The first kappa shape index (κ1) is 18.7. The summed E-state index contributed by atoms with van der Waals surface area (Å²) < 4.78 is 32.7. The minimum Gasteiger partial charge on any atom is -0.379 e. The molecule has 0 atom stereocenters. The molecule has 0 aromatic heterocycles. The van der Waals surface area contributed by atoms with Gasteiger partial charge in [0.15, 0.2) is 0 Å². The van der Waals surface area contributed by atoms with Crippen LogP contribution in [0.2, 0.25) is 0 Å². The summed E-state index contributed by atoms with van der Waals surface area (Å²) in [5.41, 5.74) is 2.49. The number of sulfonamides is 1. The normalized spacial score (nSPS) is 18.4. The number of halogens is 1. The molecular formula is C16H25ClN2O3S. The van der Waals surface area contributed by atoms with E-state index in [1.807, 2.05) is 12.1 Å². The van der Waals surface area contributed by atoms with E-state index in [2.05, 4.69) is 9.62 Å². The quantitative estimate of drug-likeness (QED) is 0.783. The van der Waals surface area contributed by atoms with E-state index < -0.39 is 10.0 Å². The lowest BCUT2D eigenvalue weighted by atomic mass is 10.1. The number of hydrogen-bond acceptors (Lipinski definition) is 4. The number of rotatable bonds is 6. The molecule has 0 unspecified atom stereocenters. The minimum absolute atomic E-state index is 0. The van der Waals surface area contributed by atoms with Gasteiger partial charge in [0.25, 0.3) is 0 Å². The Labute approximate surface area is 144 Å². The molecule has 0 bridgehead atoms. The third-order valence-electron chi connectivity index (χ3n) is 4.43. The molecule has 1 N–H and O–H groups in total. The first-order valence-electron chi connectivity index (χ1n) is 8.07. The largest absolute Gasteiger partial charge is 0.379 e. The van der Waals surface area contributed by atoms with Crippen LogP contribution in [0.3, 0.4) is 0 Å². The minimum atomic E-state index is -3.38. The zero-order chi connectivity index (χ0) is 15.4. The average Bonchev–Trinajstić information content (AvgIpc) is 3.00. The van der Waals surface area contributed by atoms with E-state index in [4.69, 9.17) is 4.74 Å². The van der Waals surface area contributed by atoms with Crippen molar-refractivity contribution in [3.8, 4) is 0 Å². The van der Waals surface area contributed by atoms with Crippen molar-refractivity contribution in [2.45, 2.75) is 30.6 Å². The number of nitrogens with one attached hydrogen (secondary N) is 1. The van der Waals surface area contributed by atoms with E-state index >= 15 is 0 Å². The SMILES string of the molecule is Cl.O=S(=O)(NCCCN1CCOCC1)c1ccc2c(c1)CCC2. The molecule has 0 saturated carbocycles. The van der Waals surface area contributed by atoms with E-state index in [0.717, 1.165) is 58.5 Å². The maximum Gasteiger partial charge on any atom is 0.240 e. The smallest absolute Gasteiger partial charge is 0.240 e. The fraction of sp³-hybridized carbons (Fsp3) is 0.625. The molecule has 5 nitrogen and oxygen atoms in total. The Morgan fingerprint density at radius 2 is 1.87 bits per heavy atom. The Morgan fingerprint density at radius 1 is 1.13 bits per heavy atom. The third kappa shape index (κ3) is 4.90. The van der Waals surface area contributed by atoms with Crippen molar-refractivity contribution >= 4 is 22.4 Å². The van der Waals surface area contributed by atoms with Crippen molar-refractivity contribution in [3.05, 3.63) is 29.3 Å². The lowest BCUT2D eigenvalue weighted by Gasteiger charge is -2.26. The maximum absolute atomic E-state index is 12.3. The predicted octanol–water partition coefficient (Wildman–Crippen LogP) is 1.60. The van der Waals surface area contributed by atoms with Gasteiger partial charge in [0.1, 0.15) is 0 Å². The second-order valence-electron chi connectivity index (χ2n) is 5.99. The summed E-state index contributed by atoms with van der Waals surface area (Å²) in [6.07, 6.45) is 4.02. The zero-order valence-corrected chi connectivity index (χ0v) is 14.9. The van der Waals surface area contributed by atoms with Gasteiger partial charge in [-0.1, -0.05) is 6.07 Å². The number of aryl methyl sites for hydroxylation is 2. The fourth-order valence-corrected chi connectivity index (χ4v) is 4.26. The molecule has 1 aromatic carbocycles. The Bertz CT molecular complexity index is 616. The standard InChI is InChI=1S/C16H24N2O3S.ClH/c19-22(20,16-6-5-14-3-1-4-15(14)13-16)17-7-2-8-18-9-11-21-12-10-18;/h5-6,13,17H,1-4,7-12H2;1H. The summed E-state index contributed by atoms with van der Waals surface area (Å²) >= 11 is 0. The van der Waals surface area contributed by atoms with Crippen LogP contribution in [0.5, 0.6) is 0 Å². The van der Waals surface area contributed by atoms with Crippen LogP contribution in [0.25, 0.3) is 0 Å². The van der Waals surface area contributed by atoms with E-state index in [0.29, 0.717) is 11.4 Å². The molecule has 1 saturated heterocycles. The third-order valence-corrected chi connectivity index (χ3v) is 5.89. The van der Waals surface area contributed by atoms with Crippen molar-refractivity contribution in [2.75, 3.05) is 39.4 Å². The highest BCUT2D eigenvalue weighted by molar-refractivity contribution is 7.89. The van der Waals surface area contributed by atoms with E-state index in [-0.39, 0.29) is 12.4 Å². The van der Waals surface area contributed by atoms with Crippen LogP contribution >= 0.6 is 12.4 Å². The first-order chi connectivity index (χ1) is 10.6. The average molecular weight is 361 g/mol. The van der Waals surface area contributed by atoms with Gasteiger partial charge in [0.2, 0.25) is 10.0 Å². The molecule has 1 fully saturated rings.